The normalized spacial score (nSPS) is 10.8. The van der Waals surface area contributed by atoms with Gasteiger partial charge in [0, 0.05) is 55.8 Å². The molecule has 11 nitrogen and oxygen atoms in total. The summed E-state index contributed by atoms with van der Waals surface area (Å²) < 4.78 is 1.68. The minimum absolute atomic E-state index is 0.0280. The fourth-order valence-electron chi connectivity index (χ4n) is 3.84. The molecule has 0 bridgehead atoms. The van der Waals surface area contributed by atoms with Crippen molar-refractivity contribution in [3.05, 3.63) is 81.1 Å². The van der Waals surface area contributed by atoms with Crippen LogP contribution in [-0.4, -0.2) is 46.0 Å². The second-order valence-electron chi connectivity index (χ2n) is 8.65. The van der Waals surface area contributed by atoms with Crippen molar-refractivity contribution in [2.24, 2.45) is 12.8 Å². The number of hydrogen-bond acceptors (Lipinski definition) is 7. The van der Waals surface area contributed by atoms with Crippen molar-refractivity contribution in [2.75, 3.05) is 24.8 Å². The third-order valence-corrected chi connectivity index (χ3v) is 5.83. The molecule has 0 saturated carbocycles. The maximum atomic E-state index is 13.5. The first-order valence-electron chi connectivity index (χ1n) is 11.5. The molecule has 0 aliphatic carbocycles. The largest absolute Gasteiger partial charge is 0.478 e. The van der Waals surface area contributed by atoms with E-state index in [9.17, 15) is 19.5 Å². The van der Waals surface area contributed by atoms with Crippen LogP contribution in [0.3, 0.4) is 0 Å². The molecule has 0 fully saturated rings. The Bertz CT molecular complexity index is 1400. The highest BCUT2D eigenvalue weighted by molar-refractivity contribution is 5.95. The molecule has 37 heavy (non-hydrogen) atoms. The number of rotatable bonds is 10. The van der Waals surface area contributed by atoms with E-state index >= 15 is 0 Å². The molecule has 3 aromatic rings. The van der Waals surface area contributed by atoms with Crippen molar-refractivity contribution in [1.29, 1.82) is 5.41 Å². The summed E-state index contributed by atoms with van der Waals surface area (Å²) in [5, 5.41) is 21.5. The summed E-state index contributed by atoms with van der Waals surface area (Å²) in [6, 6.07) is 11.2. The molecule has 0 spiro atoms. The summed E-state index contributed by atoms with van der Waals surface area (Å²) >= 11 is 0. The van der Waals surface area contributed by atoms with E-state index in [-0.39, 0.29) is 46.7 Å². The highest BCUT2D eigenvalue weighted by Crippen LogP contribution is 2.27. The molecule has 194 valence electrons. The molecule has 0 aliphatic rings. The molecule has 2 aromatic carbocycles. The van der Waals surface area contributed by atoms with E-state index in [1.807, 2.05) is 6.92 Å². The minimum Gasteiger partial charge on any atom is -0.478 e. The van der Waals surface area contributed by atoms with Crippen LogP contribution in [0.2, 0.25) is 0 Å². The van der Waals surface area contributed by atoms with E-state index in [2.05, 4.69) is 10.7 Å². The SMILES string of the molecule is CCN(C)Nc1cn(C)c(-c2cc(N)cc(C(=O)O)c2)c(CC(=O)NCc2ccc(C(=N)N)cc2)c1=O. The van der Waals surface area contributed by atoms with Crippen LogP contribution in [0.5, 0.6) is 0 Å². The molecule has 1 heterocycles. The summed E-state index contributed by atoms with van der Waals surface area (Å²) in [5.74, 6) is -1.59. The number of carbonyl (C=O) groups is 2. The van der Waals surface area contributed by atoms with Gasteiger partial charge >= 0.3 is 5.97 Å². The van der Waals surface area contributed by atoms with E-state index in [1.165, 1.54) is 12.1 Å². The number of pyridine rings is 1. The summed E-state index contributed by atoms with van der Waals surface area (Å²) in [6.45, 7) is 2.76. The zero-order valence-corrected chi connectivity index (χ0v) is 21.0. The third kappa shape index (κ3) is 6.53. The van der Waals surface area contributed by atoms with Crippen LogP contribution in [0.25, 0.3) is 11.3 Å². The second-order valence-corrected chi connectivity index (χ2v) is 8.65. The van der Waals surface area contributed by atoms with Crippen LogP contribution in [0.15, 0.2) is 53.5 Å². The van der Waals surface area contributed by atoms with Gasteiger partial charge in [0.05, 0.1) is 17.7 Å². The van der Waals surface area contributed by atoms with E-state index in [4.69, 9.17) is 16.9 Å². The predicted molar refractivity (Wildman–Crippen MR) is 143 cm³/mol. The van der Waals surface area contributed by atoms with Gasteiger partial charge in [0.2, 0.25) is 11.3 Å². The molecule has 1 aromatic heterocycles. The number of nitrogens with one attached hydrogen (secondary N) is 3. The number of hydrazine groups is 1. The number of nitrogen functional groups attached to an aromatic ring is 2. The Hall–Kier alpha value is -4.64. The zero-order valence-electron chi connectivity index (χ0n) is 21.0. The quantitative estimate of drug-likeness (QED) is 0.104. The fraction of sp³-hybridized carbons (Fsp3) is 0.231. The lowest BCUT2D eigenvalue weighted by atomic mass is 9.99. The topological polar surface area (TPSA) is 180 Å². The van der Waals surface area contributed by atoms with Gasteiger partial charge in [-0.15, -0.1) is 0 Å². The Morgan fingerprint density at radius 2 is 1.81 bits per heavy atom. The molecule has 8 N–H and O–H groups in total. The number of amides is 1. The Balaban J connectivity index is 1.99. The lowest BCUT2D eigenvalue weighted by Crippen LogP contribution is -2.32. The van der Waals surface area contributed by atoms with Crippen molar-refractivity contribution in [3.63, 3.8) is 0 Å². The van der Waals surface area contributed by atoms with Crippen molar-refractivity contribution in [2.45, 2.75) is 19.9 Å². The molecule has 3 rings (SSSR count). The second kappa shape index (κ2) is 11.4. The Morgan fingerprint density at radius 1 is 1.14 bits per heavy atom. The predicted octanol–water partition coefficient (Wildman–Crippen LogP) is 1.75. The number of anilines is 2. The Labute approximate surface area is 214 Å². The standard InChI is InChI=1S/C26H31N7O4/c1-4-33(3)31-21-14-32(2)23(17-9-18(26(36)37)11-19(27)10-17)20(24(21)35)12-22(34)30-13-15-5-7-16(8-6-15)25(28)29/h5-11,14,31H,4,12-13,27H2,1-3H3,(H3,28,29)(H,30,34)(H,36,37). The molecule has 0 aliphatic heterocycles. The van der Waals surface area contributed by atoms with Crippen LogP contribution in [-0.2, 0) is 24.8 Å². The smallest absolute Gasteiger partial charge is 0.335 e. The molecular weight excluding hydrogens is 474 g/mol. The van der Waals surface area contributed by atoms with E-state index in [1.54, 1.807) is 60.2 Å². The monoisotopic (exact) mass is 505 g/mol. The highest BCUT2D eigenvalue weighted by Gasteiger charge is 2.21. The van der Waals surface area contributed by atoms with Crippen molar-refractivity contribution >= 4 is 29.1 Å². The van der Waals surface area contributed by atoms with Gasteiger partial charge in [-0.25, -0.2) is 9.80 Å². The maximum Gasteiger partial charge on any atom is 0.335 e. The van der Waals surface area contributed by atoms with Gasteiger partial charge in [0.25, 0.3) is 0 Å². The number of aryl methyl sites for hydroxylation is 1. The van der Waals surface area contributed by atoms with Crippen LogP contribution < -0.4 is 27.6 Å². The van der Waals surface area contributed by atoms with Crippen LogP contribution >= 0.6 is 0 Å². The molecular formula is C26H31N7O4. The van der Waals surface area contributed by atoms with Gasteiger partial charge in [0.1, 0.15) is 11.5 Å². The Morgan fingerprint density at radius 3 is 2.41 bits per heavy atom. The molecule has 1 amide bonds. The summed E-state index contributed by atoms with van der Waals surface area (Å²) in [5.41, 5.74) is 16.9. The fourth-order valence-corrected chi connectivity index (χ4v) is 3.84. The first-order chi connectivity index (χ1) is 17.5. The zero-order chi connectivity index (χ0) is 27.3. The first kappa shape index (κ1) is 27.0. The number of carboxylic acids is 1. The molecule has 0 radical (unpaired) electrons. The average Bonchev–Trinajstić information content (AvgIpc) is 2.85. The number of aromatic carboxylic acids is 1. The number of amidine groups is 1. The third-order valence-electron chi connectivity index (χ3n) is 5.83. The van der Waals surface area contributed by atoms with Crippen LogP contribution in [0, 0.1) is 5.41 Å². The van der Waals surface area contributed by atoms with Gasteiger partial charge in [-0.3, -0.25) is 15.0 Å². The number of nitrogens with two attached hydrogens (primary N) is 2. The number of nitrogens with zero attached hydrogens (tertiary/aromatic N) is 2. The van der Waals surface area contributed by atoms with E-state index < -0.39 is 11.9 Å². The van der Waals surface area contributed by atoms with Crippen LogP contribution in [0.4, 0.5) is 11.4 Å². The number of carbonyl (C=O) groups excluding carboxylic acids is 1. The Kier molecular flexibility index (Phi) is 8.30. The van der Waals surface area contributed by atoms with Crippen molar-refractivity contribution in [1.82, 2.24) is 14.9 Å². The summed E-state index contributed by atoms with van der Waals surface area (Å²) in [7, 11) is 3.50. The lowest BCUT2D eigenvalue weighted by molar-refractivity contribution is -0.120. The van der Waals surface area contributed by atoms with Crippen LogP contribution in [0.1, 0.15) is 34.0 Å². The number of benzene rings is 2. The molecule has 11 heteroatoms. The maximum absolute atomic E-state index is 13.5. The van der Waals surface area contributed by atoms with E-state index in [0.29, 0.717) is 23.4 Å². The van der Waals surface area contributed by atoms with Gasteiger partial charge in [-0.1, -0.05) is 31.2 Å². The number of hydrogen-bond donors (Lipinski definition) is 6. The van der Waals surface area contributed by atoms with Gasteiger partial charge in [0.15, 0.2) is 0 Å². The van der Waals surface area contributed by atoms with Gasteiger partial charge in [-0.2, -0.15) is 0 Å². The summed E-state index contributed by atoms with van der Waals surface area (Å²) in [4.78, 5) is 38.1. The summed E-state index contributed by atoms with van der Waals surface area (Å²) in [6.07, 6.45) is 1.36. The van der Waals surface area contributed by atoms with Crippen molar-refractivity contribution in [3.8, 4) is 11.3 Å². The average molecular weight is 506 g/mol. The highest BCUT2D eigenvalue weighted by atomic mass is 16.4. The van der Waals surface area contributed by atoms with Gasteiger partial charge in [-0.05, 0) is 23.8 Å². The molecule has 0 atom stereocenters. The molecule has 0 saturated heterocycles. The van der Waals surface area contributed by atoms with E-state index in [0.717, 1.165) is 5.56 Å². The minimum atomic E-state index is -1.16. The van der Waals surface area contributed by atoms with Crippen molar-refractivity contribution < 1.29 is 14.7 Å². The number of carboxylic acid groups (broad SMARTS) is 1. The molecule has 0 unspecified atom stereocenters. The first-order valence-corrected chi connectivity index (χ1v) is 11.5. The van der Waals surface area contributed by atoms with Gasteiger partial charge < -0.3 is 31.9 Å². The lowest BCUT2D eigenvalue weighted by Gasteiger charge is -2.21. The number of aromatic nitrogens is 1.